The van der Waals surface area contributed by atoms with Crippen LogP contribution in [0.5, 0.6) is 0 Å². The van der Waals surface area contributed by atoms with Gasteiger partial charge in [0.15, 0.2) is 5.58 Å². The molecule has 2 aromatic carbocycles. The van der Waals surface area contributed by atoms with Crippen LogP contribution in [0.4, 0.5) is 0 Å². The van der Waals surface area contributed by atoms with E-state index in [2.05, 4.69) is 15.5 Å². The molecule has 2 aromatic heterocycles. The van der Waals surface area contributed by atoms with Gasteiger partial charge in [0.1, 0.15) is 0 Å². The summed E-state index contributed by atoms with van der Waals surface area (Å²) < 4.78 is 5.27. The van der Waals surface area contributed by atoms with Crippen molar-refractivity contribution in [1.82, 2.24) is 15.5 Å². The number of aromatic amines is 1. The van der Waals surface area contributed by atoms with Crippen molar-refractivity contribution < 1.29 is 9.32 Å². The molecule has 0 saturated heterocycles. The number of benzene rings is 2. The zero-order valence-electron chi connectivity index (χ0n) is 13.8. The number of fused-ring (bicyclic) bond motifs is 2. The van der Waals surface area contributed by atoms with Crippen molar-refractivity contribution in [2.24, 2.45) is 0 Å². The number of nitrogens with zero attached hydrogens (tertiary/aromatic N) is 1. The third-order valence-electron chi connectivity index (χ3n) is 4.25. The maximum atomic E-state index is 11.1. The van der Waals surface area contributed by atoms with Crippen LogP contribution >= 0.6 is 11.6 Å². The fraction of sp³-hybridized carbons (Fsp3) is 0.158. The van der Waals surface area contributed by atoms with Crippen molar-refractivity contribution in [2.75, 3.05) is 0 Å². The van der Waals surface area contributed by atoms with Crippen LogP contribution in [0.25, 0.3) is 33.0 Å². The number of aromatic nitrogens is 2. The maximum Gasteiger partial charge on any atom is 0.217 e. The highest BCUT2D eigenvalue weighted by Crippen LogP contribution is 2.34. The van der Waals surface area contributed by atoms with Crippen molar-refractivity contribution >= 4 is 39.4 Å². The number of carbonyl (C=O) groups is 1. The van der Waals surface area contributed by atoms with E-state index in [-0.39, 0.29) is 5.91 Å². The van der Waals surface area contributed by atoms with Gasteiger partial charge < -0.3 is 14.8 Å². The van der Waals surface area contributed by atoms with Crippen LogP contribution in [0.1, 0.15) is 18.3 Å². The van der Waals surface area contributed by atoms with Gasteiger partial charge in [0.05, 0.1) is 12.2 Å². The lowest BCUT2D eigenvalue weighted by Crippen LogP contribution is -2.18. The van der Waals surface area contributed by atoms with E-state index in [4.69, 9.17) is 16.1 Å². The van der Waals surface area contributed by atoms with Crippen LogP contribution in [0.3, 0.4) is 0 Å². The Morgan fingerprint density at radius 2 is 2.12 bits per heavy atom. The molecule has 0 aliphatic carbocycles. The van der Waals surface area contributed by atoms with Crippen LogP contribution in [0.15, 0.2) is 40.9 Å². The Morgan fingerprint density at radius 3 is 2.92 bits per heavy atom. The first-order valence-electron chi connectivity index (χ1n) is 7.93. The number of carbonyl (C=O) groups excluding carboxylic acids is 1. The van der Waals surface area contributed by atoms with E-state index in [0.29, 0.717) is 11.6 Å². The highest BCUT2D eigenvalue weighted by molar-refractivity contribution is 6.34. The second-order valence-corrected chi connectivity index (χ2v) is 6.51. The molecule has 0 atom stereocenters. The summed E-state index contributed by atoms with van der Waals surface area (Å²) >= 11 is 6.52. The highest BCUT2D eigenvalue weighted by atomic mass is 35.5. The number of nitrogens with one attached hydrogen (secondary N) is 2. The van der Waals surface area contributed by atoms with E-state index in [1.165, 1.54) is 6.92 Å². The van der Waals surface area contributed by atoms with Crippen LogP contribution < -0.4 is 5.32 Å². The van der Waals surface area contributed by atoms with Gasteiger partial charge in [-0.2, -0.15) is 0 Å². The summed E-state index contributed by atoms with van der Waals surface area (Å²) in [6, 6.07) is 11.9. The second-order valence-electron chi connectivity index (χ2n) is 6.10. The van der Waals surface area contributed by atoms with Crippen molar-refractivity contribution in [1.29, 1.82) is 0 Å². The van der Waals surface area contributed by atoms with Gasteiger partial charge in [-0.25, -0.2) is 0 Å². The van der Waals surface area contributed by atoms with Crippen molar-refractivity contribution in [3.05, 3.63) is 52.8 Å². The van der Waals surface area contributed by atoms with Crippen molar-refractivity contribution in [2.45, 2.75) is 20.4 Å². The molecule has 5 nitrogen and oxygen atoms in total. The van der Waals surface area contributed by atoms with Gasteiger partial charge in [0, 0.05) is 39.5 Å². The van der Waals surface area contributed by atoms with Gasteiger partial charge in [-0.3, -0.25) is 4.79 Å². The molecular formula is C19H16ClN3O2. The van der Waals surface area contributed by atoms with Gasteiger partial charge in [-0.05, 0) is 42.8 Å². The summed E-state index contributed by atoms with van der Waals surface area (Å²) in [5.41, 5.74) is 5.46. The van der Waals surface area contributed by atoms with Crippen molar-refractivity contribution in [3.63, 3.8) is 0 Å². The third kappa shape index (κ3) is 2.87. The van der Waals surface area contributed by atoms with E-state index >= 15 is 0 Å². The van der Waals surface area contributed by atoms with Crippen molar-refractivity contribution in [3.8, 4) is 11.1 Å². The average Bonchev–Trinajstić information content (AvgIpc) is 3.15. The topological polar surface area (TPSA) is 70.9 Å². The molecular weight excluding hydrogens is 338 g/mol. The number of halogens is 1. The predicted octanol–water partition coefficient (Wildman–Crippen LogP) is 4.57. The monoisotopic (exact) mass is 353 g/mol. The van der Waals surface area contributed by atoms with Gasteiger partial charge in [0.25, 0.3) is 0 Å². The number of H-pyrrole nitrogens is 1. The minimum Gasteiger partial charge on any atom is -0.357 e. The van der Waals surface area contributed by atoms with Gasteiger partial charge in [-0.15, -0.1) is 0 Å². The summed E-state index contributed by atoms with van der Waals surface area (Å²) in [7, 11) is 0. The minimum atomic E-state index is -0.0604. The molecule has 0 aliphatic heterocycles. The van der Waals surface area contributed by atoms with E-state index in [1.807, 2.05) is 43.3 Å². The molecule has 6 heteroatoms. The van der Waals surface area contributed by atoms with Crippen LogP contribution in [-0.4, -0.2) is 16.0 Å². The molecule has 0 spiro atoms. The van der Waals surface area contributed by atoms with E-state index in [1.54, 1.807) is 0 Å². The molecule has 1 amide bonds. The SMILES string of the molecule is CC(=O)NCc1cc2cc(Cl)c(-c3ccc4onc(C)c4c3)cc2[nH]1. The van der Waals surface area contributed by atoms with Gasteiger partial charge in [-0.1, -0.05) is 22.8 Å². The Hall–Kier alpha value is -2.79. The zero-order valence-corrected chi connectivity index (χ0v) is 14.6. The first-order valence-corrected chi connectivity index (χ1v) is 8.31. The lowest BCUT2D eigenvalue weighted by molar-refractivity contribution is -0.119. The molecule has 4 aromatic rings. The molecule has 0 unspecified atom stereocenters. The smallest absolute Gasteiger partial charge is 0.217 e. The molecule has 25 heavy (non-hydrogen) atoms. The molecule has 0 saturated carbocycles. The van der Waals surface area contributed by atoms with Crippen LogP contribution in [0.2, 0.25) is 5.02 Å². The first-order chi connectivity index (χ1) is 12.0. The summed E-state index contributed by atoms with van der Waals surface area (Å²) in [4.78, 5) is 14.4. The first kappa shape index (κ1) is 15.7. The number of aryl methyl sites for hydroxylation is 1. The Labute approximate surface area is 149 Å². The third-order valence-corrected chi connectivity index (χ3v) is 4.57. The molecule has 2 heterocycles. The second kappa shape index (κ2) is 5.93. The average molecular weight is 354 g/mol. The van der Waals surface area contributed by atoms with Gasteiger partial charge in [0.2, 0.25) is 5.91 Å². The Kier molecular flexibility index (Phi) is 3.73. The highest BCUT2D eigenvalue weighted by Gasteiger charge is 2.11. The van der Waals surface area contributed by atoms with Gasteiger partial charge >= 0.3 is 0 Å². The maximum absolute atomic E-state index is 11.1. The van der Waals surface area contributed by atoms with Crippen LogP contribution in [-0.2, 0) is 11.3 Å². The quantitative estimate of drug-likeness (QED) is 0.566. The number of hydrogen-bond acceptors (Lipinski definition) is 3. The Balaban J connectivity index is 1.78. The van der Waals surface area contributed by atoms with Crippen LogP contribution in [0, 0.1) is 6.92 Å². The van der Waals surface area contributed by atoms with E-state index in [0.717, 1.165) is 44.4 Å². The number of hydrogen-bond donors (Lipinski definition) is 2. The fourth-order valence-corrected chi connectivity index (χ4v) is 3.26. The lowest BCUT2D eigenvalue weighted by atomic mass is 10.0. The predicted molar refractivity (Wildman–Crippen MR) is 98.6 cm³/mol. The molecule has 0 fully saturated rings. The Morgan fingerprint density at radius 1 is 1.28 bits per heavy atom. The molecule has 4 rings (SSSR count). The Bertz CT molecular complexity index is 1110. The fourth-order valence-electron chi connectivity index (χ4n) is 2.98. The minimum absolute atomic E-state index is 0.0604. The molecule has 0 bridgehead atoms. The normalized spacial score (nSPS) is 11.3. The number of amides is 1. The number of rotatable bonds is 3. The summed E-state index contributed by atoms with van der Waals surface area (Å²) in [6.07, 6.45) is 0. The largest absolute Gasteiger partial charge is 0.357 e. The summed E-state index contributed by atoms with van der Waals surface area (Å²) in [6.45, 7) is 3.88. The van der Waals surface area contributed by atoms with E-state index < -0.39 is 0 Å². The zero-order chi connectivity index (χ0) is 17.6. The summed E-state index contributed by atoms with van der Waals surface area (Å²) in [5.74, 6) is -0.0604. The van der Waals surface area contributed by atoms with E-state index in [9.17, 15) is 4.79 Å². The molecule has 0 aliphatic rings. The molecule has 126 valence electrons. The molecule has 0 radical (unpaired) electrons. The lowest BCUT2D eigenvalue weighted by Gasteiger charge is -2.05. The summed E-state index contributed by atoms with van der Waals surface area (Å²) in [5, 5.41) is 9.44. The standard InChI is InChI=1S/C19H16ClN3O2/c1-10-15-6-12(3-4-19(15)25-23-10)16-8-18-13(7-17(16)20)5-14(22-18)9-21-11(2)24/h3-8,22H,9H2,1-2H3,(H,21,24). The molecule has 2 N–H and O–H groups in total.